The smallest absolute Gasteiger partial charge is 0.416 e. The van der Waals surface area contributed by atoms with Crippen molar-refractivity contribution in [3.05, 3.63) is 120 Å². The predicted molar refractivity (Wildman–Crippen MR) is 193 cm³/mol. The van der Waals surface area contributed by atoms with Crippen molar-refractivity contribution in [2.24, 2.45) is 0 Å². The van der Waals surface area contributed by atoms with Crippen LogP contribution in [-0.4, -0.2) is 58.9 Å². The number of nitrogens with one attached hydrogen (secondary N) is 1. The molecule has 0 bridgehead atoms. The number of carbonyl (C=O) groups excluding carboxylic acids is 2. The summed E-state index contributed by atoms with van der Waals surface area (Å²) in [6.07, 6.45) is -11.4. The molecule has 0 radical (unpaired) electrons. The van der Waals surface area contributed by atoms with Gasteiger partial charge in [-0.3, -0.25) is 23.9 Å². The summed E-state index contributed by atoms with van der Waals surface area (Å²) in [5.74, 6) is -5.14. The van der Waals surface area contributed by atoms with Crippen LogP contribution in [0.25, 0.3) is 11.1 Å². The molecule has 2 heterocycles. The third-order valence-electron chi connectivity index (χ3n) is 9.44. The molecule has 2 atom stereocenters. The average molecular weight is 877 g/mol. The zero-order chi connectivity index (χ0) is 42.1. The molecule has 8 nitrogen and oxygen atoms in total. The summed E-state index contributed by atoms with van der Waals surface area (Å²) < 4.78 is 134. The Bertz CT molecular complexity index is 2210. The minimum atomic E-state index is -5.03. The molecular formula is C39H35BrF9N3O5. The number of pyridine rings is 1. The van der Waals surface area contributed by atoms with Crippen molar-refractivity contribution in [2.45, 2.75) is 64.2 Å². The Balaban J connectivity index is 1.66. The fourth-order valence-corrected chi connectivity index (χ4v) is 7.12. The van der Waals surface area contributed by atoms with Crippen LogP contribution in [0.1, 0.15) is 64.4 Å². The van der Waals surface area contributed by atoms with E-state index in [-0.39, 0.29) is 65.5 Å². The Kier molecular flexibility index (Phi) is 12.9. The molecule has 4 aromatic rings. The van der Waals surface area contributed by atoms with Gasteiger partial charge in [-0.1, -0.05) is 15.9 Å². The highest BCUT2D eigenvalue weighted by Crippen LogP contribution is 2.41. The summed E-state index contributed by atoms with van der Waals surface area (Å²) in [6, 6.07) is 3.30. The van der Waals surface area contributed by atoms with Crippen LogP contribution >= 0.6 is 15.9 Å². The fourth-order valence-electron chi connectivity index (χ4n) is 6.74. The van der Waals surface area contributed by atoms with Crippen LogP contribution in [0.15, 0.2) is 64.0 Å². The molecule has 57 heavy (non-hydrogen) atoms. The Hall–Kier alpha value is -4.84. The van der Waals surface area contributed by atoms with Crippen molar-refractivity contribution in [1.29, 1.82) is 0 Å². The van der Waals surface area contributed by atoms with Gasteiger partial charge in [0.25, 0.3) is 5.56 Å². The van der Waals surface area contributed by atoms with E-state index in [1.54, 1.807) is 0 Å². The Labute approximate surface area is 328 Å². The quantitative estimate of drug-likeness (QED) is 0.109. The SMILES string of the molecule is CCOC(=O)C[C@H](NC(=O)C(c1cc(Br)ccc1F)n1cc(CCN2CC(F)C2)c(C(F)(F)F)cc1=O)c1cc(-c2c(C)cc(C(F)(F)F)cc2O)cc(C)c1F. The highest BCUT2D eigenvalue weighted by atomic mass is 79.9. The number of esters is 1. The molecule has 1 aromatic heterocycles. The number of benzene rings is 3. The number of phenolic OH excluding ortho intramolecular Hbond substituents is 1. The van der Waals surface area contributed by atoms with E-state index in [1.165, 1.54) is 37.8 Å². The highest BCUT2D eigenvalue weighted by molar-refractivity contribution is 9.10. The van der Waals surface area contributed by atoms with E-state index in [4.69, 9.17) is 4.74 Å². The van der Waals surface area contributed by atoms with Gasteiger partial charge in [-0.2, -0.15) is 26.3 Å². The lowest BCUT2D eigenvalue weighted by atomic mass is 9.91. The molecule has 0 saturated carbocycles. The normalized spacial score (nSPS) is 14.9. The average Bonchev–Trinajstić information content (AvgIpc) is 3.08. The molecule has 5 rings (SSSR count). The number of aromatic nitrogens is 1. The molecule has 0 spiro atoms. The van der Waals surface area contributed by atoms with Gasteiger partial charge < -0.3 is 15.2 Å². The van der Waals surface area contributed by atoms with Gasteiger partial charge in [0.05, 0.1) is 30.2 Å². The van der Waals surface area contributed by atoms with Gasteiger partial charge in [-0.25, -0.2) is 13.2 Å². The molecule has 1 amide bonds. The number of likely N-dealkylation sites (tertiary alicyclic amines) is 1. The van der Waals surface area contributed by atoms with Crippen molar-refractivity contribution in [2.75, 3.05) is 26.2 Å². The number of carbonyl (C=O) groups is 2. The van der Waals surface area contributed by atoms with E-state index in [2.05, 4.69) is 21.2 Å². The number of hydrogen-bond donors (Lipinski definition) is 2. The van der Waals surface area contributed by atoms with Crippen LogP contribution in [0.5, 0.6) is 5.75 Å². The Morgan fingerprint density at radius 2 is 1.65 bits per heavy atom. The number of alkyl halides is 7. The van der Waals surface area contributed by atoms with Crippen molar-refractivity contribution < 1.29 is 58.9 Å². The monoisotopic (exact) mass is 875 g/mol. The van der Waals surface area contributed by atoms with Gasteiger partial charge in [0.15, 0.2) is 0 Å². The maximum Gasteiger partial charge on any atom is 0.416 e. The molecule has 2 N–H and O–H groups in total. The van der Waals surface area contributed by atoms with Crippen LogP contribution in [0.3, 0.4) is 0 Å². The van der Waals surface area contributed by atoms with Crippen LogP contribution < -0.4 is 10.9 Å². The lowest BCUT2D eigenvalue weighted by Gasteiger charge is -2.34. The van der Waals surface area contributed by atoms with E-state index >= 15 is 8.78 Å². The molecular weight excluding hydrogens is 841 g/mol. The minimum Gasteiger partial charge on any atom is -0.507 e. The van der Waals surface area contributed by atoms with Gasteiger partial charge in [-0.15, -0.1) is 0 Å². The Morgan fingerprint density at radius 3 is 2.25 bits per heavy atom. The third-order valence-corrected chi connectivity index (χ3v) is 9.93. The lowest BCUT2D eigenvalue weighted by Crippen LogP contribution is -2.49. The van der Waals surface area contributed by atoms with Crippen molar-refractivity contribution in [1.82, 2.24) is 14.8 Å². The van der Waals surface area contributed by atoms with E-state index < -0.39 is 99.7 Å². The molecule has 1 aliphatic heterocycles. The molecule has 1 saturated heterocycles. The first-order valence-corrected chi connectivity index (χ1v) is 18.2. The maximum absolute atomic E-state index is 16.1. The van der Waals surface area contributed by atoms with Crippen molar-refractivity contribution >= 4 is 27.8 Å². The summed E-state index contributed by atoms with van der Waals surface area (Å²) in [7, 11) is 0. The summed E-state index contributed by atoms with van der Waals surface area (Å²) in [5.41, 5.74) is -5.62. The number of nitrogens with zero attached hydrogens (tertiary/aromatic N) is 2. The first-order valence-electron chi connectivity index (χ1n) is 17.4. The van der Waals surface area contributed by atoms with Crippen LogP contribution in [0.2, 0.25) is 0 Å². The zero-order valence-electron chi connectivity index (χ0n) is 30.4. The van der Waals surface area contributed by atoms with Crippen LogP contribution in [0, 0.1) is 25.5 Å². The number of amides is 1. The summed E-state index contributed by atoms with van der Waals surface area (Å²) in [6.45, 7) is 3.77. The molecule has 0 aliphatic carbocycles. The van der Waals surface area contributed by atoms with Crippen LogP contribution in [0.4, 0.5) is 39.5 Å². The van der Waals surface area contributed by atoms with E-state index in [0.717, 1.165) is 30.5 Å². The molecule has 18 heteroatoms. The lowest BCUT2D eigenvalue weighted by molar-refractivity contribution is -0.144. The van der Waals surface area contributed by atoms with Crippen molar-refractivity contribution in [3.63, 3.8) is 0 Å². The summed E-state index contributed by atoms with van der Waals surface area (Å²) >= 11 is 3.16. The molecule has 306 valence electrons. The second-order valence-corrected chi connectivity index (χ2v) is 14.5. The number of aromatic hydroxyl groups is 1. The first kappa shape index (κ1) is 43.3. The first-order chi connectivity index (χ1) is 26.6. The maximum atomic E-state index is 16.1. The van der Waals surface area contributed by atoms with E-state index in [0.29, 0.717) is 10.6 Å². The number of hydrogen-bond acceptors (Lipinski definition) is 6. The van der Waals surface area contributed by atoms with Gasteiger partial charge in [0.1, 0.15) is 29.6 Å². The number of aryl methyl sites for hydroxylation is 2. The van der Waals surface area contributed by atoms with Gasteiger partial charge in [0.2, 0.25) is 5.91 Å². The largest absolute Gasteiger partial charge is 0.507 e. The summed E-state index contributed by atoms with van der Waals surface area (Å²) in [4.78, 5) is 42.5. The summed E-state index contributed by atoms with van der Waals surface area (Å²) in [5, 5.41) is 13.2. The number of phenols is 1. The Morgan fingerprint density at radius 1 is 0.965 bits per heavy atom. The predicted octanol–water partition coefficient (Wildman–Crippen LogP) is 8.51. The molecule has 1 unspecified atom stereocenters. The van der Waals surface area contributed by atoms with Crippen molar-refractivity contribution in [3.8, 4) is 16.9 Å². The van der Waals surface area contributed by atoms with E-state index in [1.807, 2.05) is 0 Å². The van der Waals surface area contributed by atoms with Crippen LogP contribution in [-0.2, 0) is 33.1 Å². The fraction of sp³-hybridized carbons (Fsp3) is 0.359. The number of rotatable bonds is 12. The zero-order valence-corrected chi connectivity index (χ0v) is 32.0. The standard InChI is InChI=1S/C39H35BrF9N3O5/c1-4-57-33(55)15-30(27-11-22(9-20(3)35(27)43)34-19(2)10-23(12-31(34)53)38(44,45)46)50-37(56)36(26-13-24(40)5-6-29(26)42)52-16-21(7-8-51-17-25(41)18-51)28(14-32(52)54)39(47,48)49/h5-6,9-14,16,25,30,36,53H,4,7-8,15,17-18H2,1-3H3,(H,50,56)/t30-,36?/m0/s1. The molecule has 1 fully saturated rings. The molecule has 1 aliphatic rings. The minimum absolute atomic E-state index is 0.0183. The topological polar surface area (TPSA) is 101 Å². The van der Waals surface area contributed by atoms with Gasteiger partial charge >= 0.3 is 18.3 Å². The second kappa shape index (κ2) is 16.9. The highest BCUT2D eigenvalue weighted by Gasteiger charge is 2.38. The number of ether oxygens (including phenoxy) is 1. The molecule has 3 aromatic carbocycles. The third kappa shape index (κ3) is 9.83. The number of halogens is 10. The van der Waals surface area contributed by atoms with Gasteiger partial charge in [0, 0.05) is 53.1 Å². The van der Waals surface area contributed by atoms with Gasteiger partial charge in [-0.05, 0) is 91.9 Å². The second-order valence-electron chi connectivity index (χ2n) is 13.6. The van der Waals surface area contributed by atoms with E-state index in [9.17, 15) is 50.2 Å².